The molecule has 21 heavy (non-hydrogen) atoms. The molecule has 0 saturated heterocycles. The van der Waals surface area contributed by atoms with Gasteiger partial charge in [0, 0.05) is 12.5 Å². The molecule has 1 fully saturated rings. The number of Topliss-reactive ketones (excluding diaryl/α,β-unsaturated/α-hetero) is 2. The Bertz CT molecular complexity index is 536. The molecule has 2 rings (SSSR count). The number of carbonyl (C=O) groups excluding carboxylic acids is 3. The lowest BCUT2D eigenvalue weighted by molar-refractivity contribution is -0.146. The molecule has 4 heteroatoms. The maximum atomic E-state index is 11.6. The molecule has 1 aromatic carbocycles. The van der Waals surface area contributed by atoms with Gasteiger partial charge < -0.3 is 4.74 Å². The van der Waals surface area contributed by atoms with E-state index in [2.05, 4.69) is 0 Å². The first-order valence-corrected chi connectivity index (χ1v) is 7.26. The summed E-state index contributed by atoms with van der Waals surface area (Å²) in [7, 11) is 1.43. The lowest BCUT2D eigenvalue weighted by atomic mass is 9.78. The van der Waals surface area contributed by atoms with Crippen molar-refractivity contribution in [1.82, 2.24) is 0 Å². The SMILES string of the molecule is COC(=O)[C@H]1CC[C@H](c2ccc(C(=O)C(C)=O)cc2)CC1. The van der Waals surface area contributed by atoms with Crippen LogP contribution >= 0.6 is 0 Å². The monoisotopic (exact) mass is 288 g/mol. The van der Waals surface area contributed by atoms with Crippen molar-refractivity contribution in [2.45, 2.75) is 38.5 Å². The largest absolute Gasteiger partial charge is 0.469 e. The highest BCUT2D eigenvalue weighted by molar-refractivity contribution is 6.42. The van der Waals surface area contributed by atoms with E-state index in [-0.39, 0.29) is 11.9 Å². The summed E-state index contributed by atoms with van der Waals surface area (Å²) in [5.41, 5.74) is 1.60. The Morgan fingerprint density at radius 3 is 2.05 bits per heavy atom. The first kappa shape index (κ1) is 15.4. The summed E-state index contributed by atoms with van der Waals surface area (Å²) in [5.74, 6) is -0.578. The number of ether oxygens (including phenoxy) is 1. The Kier molecular flexibility index (Phi) is 4.89. The van der Waals surface area contributed by atoms with Gasteiger partial charge >= 0.3 is 5.97 Å². The second-order valence-corrected chi connectivity index (χ2v) is 5.58. The van der Waals surface area contributed by atoms with Crippen LogP contribution in [0.2, 0.25) is 0 Å². The maximum Gasteiger partial charge on any atom is 0.308 e. The van der Waals surface area contributed by atoms with Gasteiger partial charge in [0.15, 0.2) is 5.78 Å². The van der Waals surface area contributed by atoms with Gasteiger partial charge in [0.2, 0.25) is 5.78 Å². The van der Waals surface area contributed by atoms with Gasteiger partial charge in [0.1, 0.15) is 0 Å². The third-order valence-electron chi connectivity index (χ3n) is 4.23. The average molecular weight is 288 g/mol. The fourth-order valence-electron chi connectivity index (χ4n) is 2.94. The predicted molar refractivity (Wildman–Crippen MR) is 78.2 cm³/mol. The molecular weight excluding hydrogens is 268 g/mol. The van der Waals surface area contributed by atoms with Crippen LogP contribution in [0.4, 0.5) is 0 Å². The van der Waals surface area contributed by atoms with Crippen LogP contribution in [0.1, 0.15) is 54.4 Å². The van der Waals surface area contributed by atoms with Gasteiger partial charge in [-0.05, 0) is 37.2 Å². The van der Waals surface area contributed by atoms with Gasteiger partial charge in [0.05, 0.1) is 13.0 Å². The van der Waals surface area contributed by atoms with Gasteiger partial charge in [-0.25, -0.2) is 0 Å². The van der Waals surface area contributed by atoms with Crippen molar-refractivity contribution in [2.75, 3.05) is 7.11 Å². The number of hydrogen-bond acceptors (Lipinski definition) is 4. The molecule has 1 saturated carbocycles. The van der Waals surface area contributed by atoms with Crippen molar-refractivity contribution < 1.29 is 19.1 Å². The number of carbonyl (C=O) groups is 3. The van der Waals surface area contributed by atoms with Crippen LogP contribution < -0.4 is 0 Å². The smallest absolute Gasteiger partial charge is 0.308 e. The van der Waals surface area contributed by atoms with Crippen LogP contribution in [0.5, 0.6) is 0 Å². The molecule has 112 valence electrons. The molecule has 1 aromatic rings. The number of rotatable bonds is 4. The molecule has 1 aliphatic rings. The molecule has 0 aliphatic heterocycles. The normalized spacial score (nSPS) is 21.6. The van der Waals surface area contributed by atoms with Crippen molar-refractivity contribution in [2.24, 2.45) is 5.92 Å². The van der Waals surface area contributed by atoms with Gasteiger partial charge in [-0.1, -0.05) is 24.3 Å². The molecular formula is C17H20O4. The maximum absolute atomic E-state index is 11.6. The Morgan fingerprint density at radius 2 is 1.57 bits per heavy atom. The molecule has 0 spiro atoms. The Morgan fingerprint density at radius 1 is 1.00 bits per heavy atom. The minimum absolute atomic E-state index is 0.0183. The van der Waals surface area contributed by atoms with Gasteiger partial charge in [-0.2, -0.15) is 0 Å². The summed E-state index contributed by atoms with van der Waals surface area (Å²) in [5, 5.41) is 0. The first-order valence-electron chi connectivity index (χ1n) is 7.26. The summed E-state index contributed by atoms with van der Waals surface area (Å²) in [6.45, 7) is 1.28. The molecule has 0 atom stereocenters. The molecule has 0 unspecified atom stereocenters. The van der Waals surface area contributed by atoms with E-state index in [4.69, 9.17) is 4.74 Å². The molecule has 0 radical (unpaired) electrons. The topological polar surface area (TPSA) is 60.4 Å². The van der Waals surface area contributed by atoms with E-state index < -0.39 is 11.6 Å². The van der Waals surface area contributed by atoms with Crippen molar-refractivity contribution in [3.05, 3.63) is 35.4 Å². The van der Waals surface area contributed by atoms with E-state index in [1.165, 1.54) is 19.6 Å². The highest BCUT2D eigenvalue weighted by atomic mass is 16.5. The van der Waals surface area contributed by atoms with E-state index in [0.717, 1.165) is 25.7 Å². The molecule has 0 N–H and O–H groups in total. The number of benzene rings is 1. The molecule has 0 heterocycles. The third kappa shape index (κ3) is 3.57. The lowest BCUT2D eigenvalue weighted by Gasteiger charge is -2.27. The number of esters is 1. The highest BCUT2D eigenvalue weighted by Gasteiger charge is 2.27. The minimum Gasteiger partial charge on any atom is -0.469 e. The third-order valence-corrected chi connectivity index (χ3v) is 4.23. The fourth-order valence-corrected chi connectivity index (χ4v) is 2.94. The number of methoxy groups -OCH3 is 1. The van der Waals surface area contributed by atoms with Crippen LogP contribution in [0.15, 0.2) is 24.3 Å². The van der Waals surface area contributed by atoms with Crippen molar-refractivity contribution >= 4 is 17.5 Å². The Balaban J connectivity index is 1.99. The van der Waals surface area contributed by atoms with Crippen LogP contribution in [0.3, 0.4) is 0 Å². The summed E-state index contributed by atoms with van der Waals surface area (Å²) < 4.78 is 4.79. The molecule has 1 aliphatic carbocycles. The van der Waals surface area contributed by atoms with Crippen molar-refractivity contribution in [3.63, 3.8) is 0 Å². The fraction of sp³-hybridized carbons (Fsp3) is 0.471. The van der Waals surface area contributed by atoms with Crippen LogP contribution in [-0.2, 0) is 14.3 Å². The van der Waals surface area contributed by atoms with E-state index in [1.54, 1.807) is 12.1 Å². The standard InChI is InChI=1S/C17H20O4/c1-11(18)16(19)14-7-3-12(4-8-14)13-5-9-15(10-6-13)17(20)21-2/h3-4,7-8,13,15H,5-6,9-10H2,1-2H3/t13-,15-. The molecule has 0 amide bonds. The summed E-state index contributed by atoms with van der Waals surface area (Å²) in [6, 6.07) is 7.26. The van der Waals surface area contributed by atoms with Crippen LogP contribution in [-0.4, -0.2) is 24.6 Å². The summed E-state index contributed by atoms with van der Waals surface area (Å²) in [6.07, 6.45) is 3.57. The van der Waals surface area contributed by atoms with E-state index in [0.29, 0.717) is 11.5 Å². The van der Waals surface area contributed by atoms with Crippen molar-refractivity contribution in [1.29, 1.82) is 0 Å². The highest BCUT2D eigenvalue weighted by Crippen LogP contribution is 2.36. The van der Waals surface area contributed by atoms with Gasteiger partial charge in [-0.3, -0.25) is 14.4 Å². The zero-order valence-corrected chi connectivity index (χ0v) is 12.4. The summed E-state index contributed by atoms with van der Waals surface area (Å²) in [4.78, 5) is 34.1. The van der Waals surface area contributed by atoms with E-state index >= 15 is 0 Å². The van der Waals surface area contributed by atoms with Gasteiger partial charge in [0.25, 0.3) is 0 Å². The predicted octanol–water partition coefficient (Wildman–Crippen LogP) is 2.91. The minimum atomic E-state index is -0.448. The van der Waals surface area contributed by atoms with Crippen LogP contribution in [0.25, 0.3) is 0 Å². The van der Waals surface area contributed by atoms with E-state index in [1.807, 2.05) is 12.1 Å². The second-order valence-electron chi connectivity index (χ2n) is 5.58. The zero-order chi connectivity index (χ0) is 15.4. The average Bonchev–Trinajstić information content (AvgIpc) is 2.53. The Hall–Kier alpha value is -1.97. The number of hydrogen-bond donors (Lipinski definition) is 0. The number of ketones is 2. The van der Waals surface area contributed by atoms with E-state index in [9.17, 15) is 14.4 Å². The lowest BCUT2D eigenvalue weighted by Crippen LogP contribution is -2.22. The molecule has 4 nitrogen and oxygen atoms in total. The second kappa shape index (κ2) is 6.66. The first-order chi connectivity index (χ1) is 10.0. The molecule has 0 aromatic heterocycles. The quantitative estimate of drug-likeness (QED) is 0.485. The van der Waals surface area contributed by atoms with Crippen molar-refractivity contribution in [3.8, 4) is 0 Å². The zero-order valence-electron chi connectivity index (χ0n) is 12.4. The van der Waals surface area contributed by atoms with Gasteiger partial charge in [-0.15, -0.1) is 0 Å². The summed E-state index contributed by atoms with van der Waals surface area (Å²) >= 11 is 0. The Labute approximate surface area is 124 Å². The molecule has 0 bridgehead atoms. The van der Waals surface area contributed by atoms with Crippen LogP contribution in [0, 0.1) is 5.92 Å².